The number of unbranched alkanes of at least 4 members (excludes halogenated alkanes) is 58. The van der Waals surface area contributed by atoms with Gasteiger partial charge in [0.2, 0.25) is 0 Å². The lowest BCUT2D eigenvalue weighted by Gasteiger charge is -2.21. The van der Waals surface area contributed by atoms with Crippen LogP contribution >= 0.6 is 15.6 Å². The van der Waals surface area contributed by atoms with E-state index in [0.29, 0.717) is 25.7 Å². The molecule has 642 valence electrons. The summed E-state index contributed by atoms with van der Waals surface area (Å²) in [5.74, 6) is -0.487. The van der Waals surface area contributed by atoms with Crippen LogP contribution in [-0.2, 0) is 65.4 Å². The van der Waals surface area contributed by atoms with Crippen molar-refractivity contribution >= 4 is 39.5 Å². The van der Waals surface area contributed by atoms with E-state index in [4.69, 9.17) is 37.0 Å². The van der Waals surface area contributed by atoms with Crippen LogP contribution < -0.4 is 0 Å². The molecule has 3 N–H and O–H groups in total. The van der Waals surface area contributed by atoms with Crippen LogP contribution in [0.4, 0.5) is 0 Å². The fourth-order valence-electron chi connectivity index (χ4n) is 14.0. The van der Waals surface area contributed by atoms with Gasteiger partial charge in [0.1, 0.15) is 19.3 Å². The Kier molecular flexibility index (Phi) is 78.8. The predicted molar refractivity (Wildman–Crippen MR) is 446 cm³/mol. The van der Waals surface area contributed by atoms with Crippen molar-refractivity contribution in [3.05, 3.63) is 0 Å². The standard InChI is InChI=1S/C89H174O17P2/c1-7-9-11-13-15-17-19-21-22-23-24-25-26-31-37-43-49-55-61-67-73-88(93)106-85(78-100-87(92)72-66-60-54-48-42-36-32-27-29-34-39-45-51-57-63-69-81(3)4)80-104-108(97,98)102-76-83(90)75-101-107(95,96)103-79-84(77-99-86(91)71-65-59-53-47-41-20-18-16-14-12-10-8-2)105-89(94)74-68-62-56-50-44-38-33-28-30-35-40-46-52-58-64-70-82(5)6/h81-85,90H,7-80H2,1-6H3,(H,95,96)(H,97,98)/t83-,84+,85+/m0/s1. The number of ether oxygens (including phenoxy) is 4. The van der Waals surface area contributed by atoms with Gasteiger partial charge in [0.15, 0.2) is 12.2 Å². The average molecular weight is 1580 g/mol. The van der Waals surface area contributed by atoms with Gasteiger partial charge in [-0.1, -0.05) is 427 Å². The molecule has 0 saturated heterocycles. The van der Waals surface area contributed by atoms with Crippen molar-refractivity contribution in [1.29, 1.82) is 0 Å². The van der Waals surface area contributed by atoms with Crippen LogP contribution in [0.3, 0.4) is 0 Å². The summed E-state index contributed by atoms with van der Waals surface area (Å²) < 4.78 is 69.0. The van der Waals surface area contributed by atoms with Crippen molar-refractivity contribution in [3.8, 4) is 0 Å². The molecule has 0 aromatic heterocycles. The first-order chi connectivity index (χ1) is 52.4. The van der Waals surface area contributed by atoms with Crippen LogP contribution in [0.15, 0.2) is 0 Å². The highest BCUT2D eigenvalue weighted by atomic mass is 31.2. The van der Waals surface area contributed by atoms with Gasteiger partial charge in [-0.3, -0.25) is 37.3 Å². The van der Waals surface area contributed by atoms with E-state index in [1.165, 1.54) is 295 Å². The third-order valence-electron chi connectivity index (χ3n) is 21.0. The first-order valence-corrected chi connectivity index (χ1v) is 49.0. The van der Waals surface area contributed by atoms with E-state index in [1.54, 1.807) is 0 Å². The molecule has 0 amide bonds. The number of hydrogen-bond acceptors (Lipinski definition) is 15. The fraction of sp³-hybridized carbons (Fsp3) is 0.955. The maximum Gasteiger partial charge on any atom is 0.472 e. The number of aliphatic hydroxyl groups is 1. The van der Waals surface area contributed by atoms with Crippen LogP contribution in [-0.4, -0.2) is 96.7 Å². The molecular weight excluding hydrogens is 1400 g/mol. The average Bonchev–Trinajstić information content (AvgIpc) is 0.902. The molecule has 0 saturated carbocycles. The third-order valence-corrected chi connectivity index (χ3v) is 22.9. The minimum Gasteiger partial charge on any atom is -0.462 e. The zero-order valence-corrected chi connectivity index (χ0v) is 73.0. The largest absolute Gasteiger partial charge is 0.472 e. The smallest absolute Gasteiger partial charge is 0.462 e. The van der Waals surface area contributed by atoms with Crippen LogP contribution in [0.2, 0.25) is 0 Å². The highest BCUT2D eigenvalue weighted by molar-refractivity contribution is 7.47. The number of rotatable bonds is 88. The van der Waals surface area contributed by atoms with Crippen LogP contribution in [0.5, 0.6) is 0 Å². The van der Waals surface area contributed by atoms with Gasteiger partial charge in [-0.25, -0.2) is 9.13 Å². The molecule has 0 aromatic rings. The molecule has 0 heterocycles. The van der Waals surface area contributed by atoms with Crippen molar-refractivity contribution in [2.75, 3.05) is 39.6 Å². The Bertz CT molecular complexity index is 2060. The summed E-state index contributed by atoms with van der Waals surface area (Å²) in [5.41, 5.74) is 0. The molecule has 0 fully saturated rings. The highest BCUT2D eigenvalue weighted by Gasteiger charge is 2.31. The van der Waals surface area contributed by atoms with Gasteiger partial charge in [-0.2, -0.15) is 0 Å². The molecule has 0 spiro atoms. The molecule has 0 bridgehead atoms. The number of phosphoric ester groups is 2. The van der Waals surface area contributed by atoms with E-state index in [0.717, 1.165) is 102 Å². The van der Waals surface area contributed by atoms with Gasteiger partial charge in [0, 0.05) is 25.7 Å². The van der Waals surface area contributed by atoms with Gasteiger partial charge in [0.25, 0.3) is 0 Å². The second-order valence-electron chi connectivity index (χ2n) is 32.9. The molecule has 0 aliphatic carbocycles. The second-order valence-corrected chi connectivity index (χ2v) is 35.8. The molecular formula is C89H174O17P2. The topological polar surface area (TPSA) is 237 Å². The zero-order chi connectivity index (χ0) is 79.2. The summed E-state index contributed by atoms with van der Waals surface area (Å²) in [7, 11) is -9.93. The molecule has 5 atom stereocenters. The van der Waals surface area contributed by atoms with Crippen LogP contribution in [0.1, 0.15) is 478 Å². The molecule has 17 nitrogen and oxygen atoms in total. The van der Waals surface area contributed by atoms with Crippen molar-refractivity contribution < 1.29 is 80.2 Å². The van der Waals surface area contributed by atoms with Crippen molar-refractivity contribution in [3.63, 3.8) is 0 Å². The Morgan fingerprint density at radius 2 is 0.426 bits per heavy atom. The van der Waals surface area contributed by atoms with Gasteiger partial charge >= 0.3 is 39.5 Å². The lowest BCUT2D eigenvalue weighted by atomic mass is 10.0. The minimum absolute atomic E-state index is 0.108. The summed E-state index contributed by atoms with van der Waals surface area (Å²) in [6.07, 6.45) is 73.5. The molecule has 0 aliphatic rings. The summed E-state index contributed by atoms with van der Waals surface area (Å²) in [6, 6.07) is 0. The van der Waals surface area contributed by atoms with E-state index in [-0.39, 0.29) is 25.7 Å². The van der Waals surface area contributed by atoms with Crippen molar-refractivity contribution in [2.24, 2.45) is 11.8 Å². The fourth-order valence-corrected chi connectivity index (χ4v) is 15.5. The lowest BCUT2D eigenvalue weighted by molar-refractivity contribution is -0.161. The maximum absolute atomic E-state index is 13.2. The van der Waals surface area contributed by atoms with E-state index in [2.05, 4.69) is 41.5 Å². The van der Waals surface area contributed by atoms with Gasteiger partial charge in [-0.15, -0.1) is 0 Å². The first kappa shape index (κ1) is 106. The number of phosphoric acid groups is 2. The van der Waals surface area contributed by atoms with E-state index >= 15 is 0 Å². The summed E-state index contributed by atoms with van der Waals surface area (Å²) in [5, 5.41) is 10.7. The summed E-state index contributed by atoms with van der Waals surface area (Å²) in [6.45, 7) is 9.75. The molecule has 108 heavy (non-hydrogen) atoms. The van der Waals surface area contributed by atoms with Gasteiger partial charge < -0.3 is 33.8 Å². The molecule has 0 radical (unpaired) electrons. The zero-order valence-electron chi connectivity index (χ0n) is 71.2. The molecule has 19 heteroatoms. The Hall–Kier alpha value is -1.94. The quantitative estimate of drug-likeness (QED) is 0.0222. The molecule has 0 aromatic carbocycles. The normalized spacial score (nSPS) is 13.8. The lowest BCUT2D eigenvalue weighted by Crippen LogP contribution is -2.30. The molecule has 0 aliphatic heterocycles. The Labute approximate surface area is 664 Å². The number of aliphatic hydroxyl groups excluding tert-OH is 1. The summed E-state index contributed by atoms with van der Waals surface area (Å²) >= 11 is 0. The number of hydrogen-bond donors (Lipinski definition) is 3. The second kappa shape index (κ2) is 80.3. The van der Waals surface area contributed by atoms with Crippen LogP contribution in [0.25, 0.3) is 0 Å². The van der Waals surface area contributed by atoms with Gasteiger partial charge in [0.05, 0.1) is 26.4 Å². The first-order valence-electron chi connectivity index (χ1n) is 46.0. The van der Waals surface area contributed by atoms with Crippen molar-refractivity contribution in [2.45, 2.75) is 496 Å². The number of carbonyl (C=O) groups excluding carboxylic acids is 4. The van der Waals surface area contributed by atoms with Gasteiger partial charge in [-0.05, 0) is 37.5 Å². The Balaban J connectivity index is 5.25. The van der Waals surface area contributed by atoms with Crippen molar-refractivity contribution in [1.82, 2.24) is 0 Å². The minimum atomic E-state index is -4.97. The molecule has 0 rings (SSSR count). The highest BCUT2D eigenvalue weighted by Crippen LogP contribution is 2.45. The monoisotopic (exact) mass is 1580 g/mol. The third kappa shape index (κ3) is 82.1. The summed E-state index contributed by atoms with van der Waals surface area (Å²) in [4.78, 5) is 73.4. The SMILES string of the molecule is CCCCCCCCCCCCCCCCCCCCCCC(=O)O[C@H](COC(=O)CCCCCCCCCCCCCCCCCC(C)C)COP(=O)(O)OC[C@@H](O)COP(=O)(O)OC[C@@H](COC(=O)CCCCCCCCCCCCCC)OC(=O)CCCCCCCCCCCCCCCCCC(C)C. The van der Waals surface area contributed by atoms with E-state index in [1.807, 2.05) is 0 Å². The van der Waals surface area contributed by atoms with E-state index in [9.17, 15) is 43.2 Å². The molecule has 2 unspecified atom stereocenters. The number of carbonyl (C=O) groups is 4. The predicted octanol–water partition coefficient (Wildman–Crippen LogP) is 27.4. The Morgan fingerprint density at radius 1 is 0.250 bits per heavy atom. The Morgan fingerprint density at radius 3 is 0.630 bits per heavy atom. The number of esters is 4. The van der Waals surface area contributed by atoms with E-state index < -0.39 is 97.5 Å². The van der Waals surface area contributed by atoms with Crippen LogP contribution in [0, 0.1) is 11.8 Å². The maximum atomic E-state index is 13.2.